The Hall–Kier alpha value is -0.120. The summed E-state index contributed by atoms with van der Waals surface area (Å²) in [7, 11) is 0. The first kappa shape index (κ1) is 17.9. The molecule has 0 heterocycles. The van der Waals surface area contributed by atoms with Crippen molar-refractivity contribution >= 4 is 12.3 Å². The first-order chi connectivity index (χ1) is 8.18. The standard InChI is InChI=1S/C14H22O3.Na/c15-12-11-14(9-5-2-6-10-14)8-4-1-3-7-13(16)17;/h5,9,12H,1-4,6-8,10-11H2,(H,16,17);/q;+1/p-1. The zero-order valence-electron chi connectivity index (χ0n) is 11.3. The van der Waals surface area contributed by atoms with Gasteiger partial charge in [-0.2, -0.15) is 0 Å². The predicted octanol–water partition coefficient (Wildman–Crippen LogP) is -0.994. The van der Waals surface area contributed by atoms with Crippen LogP contribution in [-0.2, 0) is 9.59 Å². The summed E-state index contributed by atoms with van der Waals surface area (Å²) in [5, 5.41) is 10.3. The molecule has 0 radical (unpaired) electrons. The van der Waals surface area contributed by atoms with E-state index in [1.807, 2.05) is 0 Å². The monoisotopic (exact) mass is 260 g/mol. The largest absolute Gasteiger partial charge is 1.00 e. The van der Waals surface area contributed by atoms with E-state index in [0.717, 1.165) is 44.8 Å². The molecule has 0 saturated heterocycles. The molecular formula is C14H21NaO3. The SMILES string of the molecule is O=CCC1(CCCCCC(=O)[O-])C=CCCC1.[Na+]. The average molecular weight is 260 g/mol. The van der Waals surface area contributed by atoms with E-state index in [2.05, 4.69) is 12.2 Å². The third kappa shape index (κ3) is 6.72. The number of carbonyl (C=O) groups is 2. The van der Waals surface area contributed by atoms with Crippen LogP contribution in [0.15, 0.2) is 12.2 Å². The molecule has 1 unspecified atom stereocenters. The van der Waals surface area contributed by atoms with Crippen molar-refractivity contribution < 1.29 is 44.3 Å². The molecule has 0 N–H and O–H groups in total. The second kappa shape index (κ2) is 9.76. The van der Waals surface area contributed by atoms with Crippen LogP contribution in [-0.4, -0.2) is 12.3 Å². The molecule has 3 nitrogen and oxygen atoms in total. The van der Waals surface area contributed by atoms with Gasteiger partial charge in [-0.1, -0.05) is 25.0 Å². The molecule has 0 aromatic carbocycles. The summed E-state index contributed by atoms with van der Waals surface area (Å²) in [6.07, 6.45) is 13.1. The molecule has 4 heteroatoms. The third-order valence-electron chi connectivity index (χ3n) is 3.56. The van der Waals surface area contributed by atoms with Crippen molar-refractivity contribution in [1.29, 1.82) is 0 Å². The number of allylic oxidation sites excluding steroid dienone is 2. The zero-order valence-corrected chi connectivity index (χ0v) is 13.3. The Bertz CT molecular complexity index is 289. The average Bonchev–Trinajstić information content (AvgIpc) is 2.30. The molecule has 0 aromatic heterocycles. The van der Waals surface area contributed by atoms with Crippen LogP contribution in [0.1, 0.15) is 57.8 Å². The summed E-state index contributed by atoms with van der Waals surface area (Å²) < 4.78 is 0. The van der Waals surface area contributed by atoms with E-state index in [9.17, 15) is 14.7 Å². The Kier molecular flexibility index (Phi) is 9.70. The number of carbonyl (C=O) groups excluding carboxylic acids is 2. The Morgan fingerprint density at radius 1 is 1.33 bits per heavy atom. The second-order valence-corrected chi connectivity index (χ2v) is 4.96. The Balaban J connectivity index is 0.00000289. The number of hydrogen-bond donors (Lipinski definition) is 0. The second-order valence-electron chi connectivity index (χ2n) is 4.96. The van der Waals surface area contributed by atoms with E-state index in [4.69, 9.17) is 0 Å². The molecule has 1 atom stereocenters. The van der Waals surface area contributed by atoms with E-state index in [0.29, 0.717) is 12.8 Å². The number of carboxylic acid groups (broad SMARTS) is 1. The van der Waals surface area contributed by atoms with Crippen LogP contribution in [0.2, 0.25) is 0 Å². The fraction of sp³-hybridized carbons (Fsp3) is 0.714. The molecule has 0 amide bonds. The Morgan fingerprint density at radius 3 is 2.67 bits per heavy atom. The maximum atomic E-state index is 10.7. The first-order valence-corrected chi connectivity index (χ1v) is 6.50. The molecule has 1 aliphatic carbocycles. The number of rotatable bonds is 8. The normalized spacial score (nSPS) is 22.2. The Labute approximate surface area is 131 Å². The molecule has 0 bridgehead atoms. The van der Waals surface area contributed by atoms with E-state index in [1.165, 1.54) is 0 Å². The molecule has 1 aliphatic rings. The first-order valence-electron chi connectivity index (χ1n) is 6.50. The number of carboxylic acids is 1. The van der Waals surface area contributed by atoms with Gasteiger partial charge in [0.05, 0.1) is 0 Å². The van der Waals surface area contributed by atoms with Gasteiger partial charge in [-0.05, 0) is 43.9 Å². The number of hydrogen-bond acceptors (Lipinski definition) is 3. The van der Waals surface area contributed by atoms with Crippen molar-refractivity contribution in [1.82, 2.24) is 0 Å². The van der Waals surface area contributed by atoms with Gasteiger partial charge in [-0.25, -0.2) is 0 Å². The van der Waals surface area contributed by atoms with Gasteiger partial charge in [-0.3, -0.25) is 0 Å². The fourth-order valence-electron chi connectivity index (χ4n) is 2.56. The number of aliphatic carboxylic acids is 1. The van der Waals surface area contributed by atoms with Crippen molar-refractivity contribution in [2.24, 2.45) is 5.41 Å². The summed E-state index contributed by atoms with van der Waals surface area (Å²) in [5.41, 5.74) is 0.0570. The summed E-state index contributed by atoms with van der Waals surface area (Å²) in [4.78, 5) is 21.0. The van der Waals surface area contributed by atoms with Crippen LogP contribution < -0.4 is 34.7 Å². The van der Waals surface area contributed by atoms with Gasteiger partial charge < -0.3 is 14.7 Å². The smallest absolute Gasteiger partial charge is 0.550 e. The van der Waals surface area contributed by atoms with Crippen molar-refractivity contribution in [2.75, 3.05) is 0 Å². The van der Waals surface area contributed by atoms with Gasteiger partial charge in [0.25, 0.3) is 0 Å². The fourth-order valence-corrected chi connectivity index (χ4v) is 2.56. The minimum atomic E-state index is -0.967. The summed E-state index contributed by atoms with van der Waals surface area (Å²) >= 11 is 0. The van der Waals surface area contributed by atoms with Crippen LogP contribution >= 0.6 is 0 Å². The van der Waals surface area contributed by atoms with Crippen molar-refractivity contribution in [3.63, 3.8) is 0 Å². The van der Waals surface area contributed by atoms with Crippen molar-refractivity contribution in [3.05, 3.63) is 12.2 Å². The molecule has 0 aromatic rings. The van der Waals surface area contributed by atoms with E-state index in [1.54, 1.807) is 0 Å². The minimum absolute atomic E-state index is 0. The number of unbranched alkanes of at least 4 members (excludes halogenated alkanes) is 2. The van der Waals surface area contributed by atoms with Gasteiger partial charge in [-0.15, -0.1) is 0 Å². The quantitative estimate of drug-likeness (QED) is 0.244. The van der Waals surface area contributed by atoms with Gasteiger partial charge in [0.1, 0.15) is 6.29 Å². The molecule has 1 rings (SSSR count). The van der Waals surface area contributed by atoms with Gasteiger partial charge in [0, 0.05) is 12.4 Å². The maximum Gasteiger partial charge on any atom is 1.00 e. The predicted molar refractivity (Wildman–Crippen MR) is 64.2 cm³/mol. The van der Waals surface area contributed by atoms with Crippen LogP contribution in [0, 0.1) is 5.41 Å². The topological polar surface area (TPSA) is 57.2 Å². The Morgan fingerprint density at radius 2 is 2.11 bits per heavy atom. The van der Waals surface area contributed by atoms with E-state index >= 15 is 0 Å². The van der Waals surface area contributed by atoms with Crippen LogP contribution in [0.25, 0.3) is 0 Å². The molecule has 0 spiro atoms. The molecule has 96 valence electrons. The third-order valence-corrected chi connectivity index (χ3v) is 3.56. The molecular weight excluding hydrogens is 239 g/mol. The van der Waals surface area contributed by atoms with Gasteiger partial charge >= 0.3 is 29.6 Å². The molecule has 18 heavy (non-hydrogen) atoms. The van der Waals surface area contributed by atoms with Crippen molar-refractivity contribution in [3.8, 4) is 0 Å². The molecule has 0 fully saturated rings. The maximum absolute atomic E-state index is 10.7. The molecule has 0 aliphatic heterocycles. The summed E-state index contributed by atoms with van der Waals surface area (Å²) in [5.74, 6) is -0.967. The van der Waals surface area contributed by atoms with Gasteiger partial charge in [0.15, 0.2) is 0 Å². The number of aldehydes is 1. The molecule has 0 saturated carbocycles. The van der Waals surface area contributed by atoms with E-state index < -0.39 is 5.97 Å². The van der Waals surface area contributed by atoms with Crippen molar-refractivity contribution in [2.45, 2.75) is 57.8 Å². The van der Waals surface area contributed by atoms with Crippen LogP contribution in [0.4, 0.5) is 0 Å². The summed E-state index contributed by atoms with van der Waals surface area (Å²) in [6, 6.07) is 0. The zero-order chi connectivity index (χ0) is 12.6. The summed E-state index contributed by atoms with van der Waals surface area (Å²) in [6.45, 7) is 0. The van der Waals surface area contributed by atoms with E-state index in [-0.39, 0.29) is 41.4 Å². The minimum Gasteiger partial charge on any atom is -0.550 e. The van der Waals surface area contributed by atoms with Crippen LogP contribution in [0.3, 0.4) is 0 Å². The van der Waals surface area contributed by atoms with Gasteiger partial charge in [0.2, 0.25) is 0 Å². The van der Waals surface area contributed by atoms with Crippen LogP contribution in [0.5, 0.6) is 0 Å².